The van der Waals surface area contributed by atoms with Gasteiger partial charge in [0.1, 0.15) is 0 Å². The second kappa shape index (κ2) is 13.6. The molecular formula is C57H43N. The maximum absolute atomic E-state index is 2.67. The van der Waals surface area contributed by atoms with Crippen LogP contribution >= 0.6 is 0 Å². The molecule has 2 aliphatic rings. The van der Waals surface area contributed by atoms with Gasteiger partial charge in [-0.2, -0.15) is 0 Å². The standard InChI is InChI=1S/C57H43N/c1-57(2)51-31-10-8-26-50(51)56-52(57)32-16-34-54(56)58(42-23-12-22-41(37-42)44-27-15-29-46-43-24-7-6-19-39(43)35-36-47(44)46)53-33-11-9-25-48(53)49-30-14-21-40-20-13-28-45(55(40)49)38-17-4-3-5-18-38/h3-32,34-37,53H,33H2,1-2H3. The summed E-state index contributed by atoms with van der Waals surface area (Å²) in [5, 5.41) is 7.65. The third-order valence-corrected chi connectivity index (χ3v) is 12.8. The Hall–Kier alpha value is -6.96. The van der Waals surface area contributed by atoms with Crippen LogP contribution in [0, 0.1) is 0 Å². The molecule has 9 aromatic carbocycles. The van der Waals surface area contributed by atoms with E-state index in [4.69, 9.17) is 0 Å². The van der Waals surface area contributed by atoms with E-state index in [0.717, 1.165) is 6.42 Å². The molecule has 0 fully saturated rings. The van der Waals surface area contributed by atoms with Crippen LogP contribution < -0.4 is 4.90 Å². The average Bonchev–Trinajstić information content (AvgIpc) is 3.52. The van der Waals surface area contributed by atoms with E-state index in [-0.39, 0.29) is 11.5 Å². The molecule has 0 heterocycles. The average molecular weight is 742 g/mol. The predicted molar refractivity (Wildman–Crippen MR) is 248 cm³/mol. The molecule has 0 saturated carbocycles. The SMILES string of the molecule is CC1(C)c2ccccc2-c2c(N(c3cccc(-c4cccc5c4ccc4ccccc45)c3)C3CC=CC=C3c3cccc4cccc(-c5ccccc5)c34)cccc21. The minimum atomic E-state index is -0.119. The number of fused-ring (bicyclic) bond motifs is 7. The fourth-order valence-electron chi connectivity index (χ4n) is 10.1. The van der Waals surface area contributed by atoms with Crippen LogP contribution in [-0.2, 0) is 5.41 Å². The number of anilines is 2. The topological polar surface area (TPSA) is 3.24 Å². The Morgan fingerprint density at radius 3 is 2.03 bits per heavy atom. The molecule has 0 spiro atoms. The van der Waals surface area contributed by atoms with Gasteiger partial charge in [-0.25, -0.2) is 0 Å². The zero-order valence-corrected chi connectivity index (χ0v) is 32.9. The van der Waals surface area contributed by atoms with Crippen LogP contribution in [0.25, 0.3) is 71.3 Å². The lowest BCUT2D eigenvalue weighted by molar-refractivity contribution is 0.660. The van der Waals surface area contributed by atoms with Gasteiger partial charge in [-0.05, 0) is 107 Å². The quantitative estimate of drug-likeness (QED) is 0.153. The summed E-state index contributed by atoms with van der Waals surface area (Å²) in [5.41, 5.74) is 15.3. The van der Waals surface area contributed by atoms with Crippen molar-refractivity contribution in [1.82, 2.24) is 0 Å². The van der Waals surface area contributed by atoms with Crippen molar-refractivity contribution in [2.45, 2.75) is 31.7 Å². The van der Waals surface area contributed by atoms with Crippen LogP contribution in [0.2, 0.25) is 0 Å². The van der Waals surface area contributed by atoms with Crippen LogP contribution in [0.5, 0.6) is 0 Å². The smallest absolute Gasteiger partial charge is 0.0632 e. The number of hydrogen-bond donors (Lipinski definition) is 0. The van der Waals surface area contributed by atoms with Crippen LogP contribution in [0.1, 0.15) is 37.0 Å². The van der Waals surface area contributed by atoms with E-state index in [1.54, 1.807) is 0 Å². The molecule has 0 bridgehead atoms. The van der Waals surface area contributed by atoms with Crippen LogP contribution in [0.3, 0.4) is 0 Å². The van der Waals surface area contributed by atoms with E-state index in [2.05, 4.69) is 225 Å². The number of hydrogen-bond acceptors (Lipinski definition) is 1. The van der Waals surface area contributed by atoms with E-state index in [0.29, 0.717) is 0 Å². The first-order valence-corrected chi connectivity index (χ1v) is 20.5. The van der Waals surface area contributed by atoms with Crippen molar-refractivity contribution in [3.63, 3.8) is 0 Å². The van der Waals surface area contributed by atoms with Gasteiger partial charge in [-0.3, -0.25) is 0 Å². The zero-order chi connectivity index (χ0) is 38.8. The molecule has 0 aliphatic heterocycles. The summed E-state index contributed by atoms with van der Waals surface area (Å²) in [7, 11) is 0. The Kier molecular flexibility index (Phi) is 8.05. The molecule has 1 unspecified atom stereocenters. The molecule has 0 saturated heterocycles. The van der Waals surface area contributed by atoms with Gasteiger partial charge < -0.3 is 4.90 Å². The molecule has 0 N–H and O–H groups in total. The van der Waals surface area contributed by atoms with Crippen LogP contribution in [-0.4, -0.2) is 6.04 Å². The molecule has 11 rings (SSSR count). The van der Waals surface area contributed by atoms with Gasteiger partial charge in [-0.15, -0.1) is 0 Å². The highest BCUT2D eigenvalue weighted by Crippen LogP contribution is 2.54. The second-order valence-electron chi connectivity index (χ2n) is 16.4. The fraction of sp³-hybridized carbons (Fsp3) is 0.0877. The van der Waals surface area contributed by atoms with Crippen molar-refractivity contribution < 1.29 is 0 Å². The molecule has 1 nitrogen and oxygen atoms in total. The van der Waals surface area contributed by atoms with E-state index in [1.807, 2.05) is 0 Å². The minimum Gasteiger partial charge on any atom is -0.333 e. The van der Waals surface area contributed by atoms with Crippen LogP contribution in [0.15, 0.2) is 206 Å². The number of benzene rings is 9. The lowest BCUT2D eigenvalue weighted by Crippen LogP contribution is -2.33. The Bertz CT molecular complexity index is 3120. The summed E-state index contributed by atoms with van der Waals surface area (Å²) in [6.45, 7) is 4.76. The van der Waals surface area contributed by atoms with Crippen molar-refractivity contribution in [2.75, 3.05) is 4.90 Å². The Balaban J connectivity index is 1.15. The van der Waals surface area contributed by atoms with Crippen molar-refractivity contribution >= 4 is 49.3 Å². The molecule has 0 radical (unpaired) electrons. The maximum Gasteiger partial charge on any atom is 0.0632 e. The van der Waals surface area contributed by atoms with E-state index in [1.165, 1.54) is 99.3 Å². The molecule has 9 aromatic rings. The molecule has 1 heteroatoms. The van der Waals surface area contributed by atoms with Crippen molar-refractivity contribution in [3.8, 4) is 33.4 Å². The Labute approximate surface area is 340 Å². The van der Waals surface area contributed by atoms with Gasteiger partial charge >= 0.3 is 0 Å². The van der Waals surface area contributed by atoms with Crippen molar-refractivity contribution in [2.24, 2.45) is 0 Å². The number of nitrogens with zero attached hydrogens (tertiary/aromatic N) is 1. The van der Waals surface area contributed by atoms with Crippen molar-refractivity contribution in [3.05, 3.63) is 223 Å². The normalized spacial score (nSPS) is 15.3. The summed E-state index contributed by atoms with van der Waals surface area (Å²) in [5.74, 6) is 0. The summed E-state index contributed by atoms with van der Waals surface area (Å²) in [4.78, 5) is 2.67. The molecule has 2 aliphatic carbocycles. The fourth-order valence-corrected chi connectivity index (χ4v) is 10.1. The highest BCUT2D eigenvalue weighted by molar-refractivity contribution is 6.12. The van der Waals surface area contributed by atoms with Crippen molar-refractivity contribution in [1.29, 1.82) is 0 Å². The Morgan fingerprint density at radius 1 is 0.483 bits per heavy atom. The number of allylic oxidation sites excluding steroid dienone is 2. The summed E-state index contributed by atoms with van der Waals surface area (Å²) in [6.07, 6.45) is 7.86. The molecular weight excluding hydrogens is 699 g/mol. The molecule has 276 valence electrons. The van der Waals surface area contributed by atoms with Gasteiger partial charge in [0.2, 0.25) is 0 Å². The zero-order valence-electron chi connectivity index (χ0n) is 32.9. The Morgan fingerprint density at radius 2 is 1.14 bits per heavy atom. The monoisotopic (exact) mass is 741 g/mol. The third kappa shape index (κ3) is 5.38. The summed E-state index contributed by atoms with van der Waals surface area (Å²) in [6, 6.07) is 69.9. The molecule has 1 atom stereocenters. The third-order valence-electron chi connectivity index (χ3n) is 12.8. The first-order chi connectivity index (χ1) is 28.6. The van der Waals surface area contributed by atoms with Gasteiger partial charge in [0.05, 0.1) is 6.04 Å². The van der Waals surface area contributed by atoms with Gasteiger partial charge in [0.25, 0.3) is 0 Å². The van der Waals surface area contributed by atoms with E-state index < -0.39 is 0 Å². The highest BCUT2D eigenvalue weighted by atomic mass is 15.2. The molecule has 0 amide bonds. The van der Waals surface area contributed by atoms with Gasteiger partial charge in [0, 0.05) is 22.4 Å². The predicted octanol–water partition coefficient (Wildman–Crippen LogP) is 15.3. The highest BCUT2D eigenvalue weighted by Gasteiger charge is 2.39. The summed E-state index contributed by atoms with van der Waals surface area (Å²) < 4.78 is 0. The largest absolute Gasteiger partial charge is 0.333 e. The molecule has 58 heavy (non-hydrogen) atoms. The summed E-state index contributed by atoms with van der Waals surface area (Å²) >= 11 is 0. The minimum absolute atomic E-state index is 0.0218. The molecule has 0 aromatic heterocycles. The van der Waals surface area contributed by atoms with E-state index in [9.17, 15) is 0 Å². The number of rotatable bonds is 6. The first-order valence-electron chi connectivity index (χ1n) is 20.5. The van der Waals surface area contributed by atoms with Gasteiger partial charge in [0.15, 0.2) is 0 Å². The first kappa shape index (κ1) is 34.3. The van der Waals surface area contributed by atoms with Gasteiger partial charge in [-0.1, -0.05) is 202 Å². The van der Waals surface area contributed by atoms with E-state index >= 15 is 0 Å². The second-order valence-corrected chi connectivity index (χ2v) is 16.4. The maximum atomic E-state index is 2.67. The lowest BCUT2D eigenvalue weighted by atomic mass is 9.82. The lowest BCUT2D eigenvalue weighted by Gasteiger charge is -2.38. The van der Waals surface area contributed by atoms with Crippen LogP contribution in [0.4, 0.5) is 11.4 Å².